The molecule has 0 saturated heterocycles. The van der Waals surface area contributed by atoms with Crippen molar-refractivity contribution in [3.63, 3.8) is 0 Å². The summed E-state index contributed by atoms with van der Waals surface area (Å²) < 4.78 is 28.4. The summed E-state index contributed by atoms with van der Waals surface area (Å²) in [6.45, 7) is 5.05. The van der Waals surface area contributed by atoms with E-state index in [1.165, 1.54) is 6.92 Å². The first-order chi connectivity index (χ1) is 10.2. The molecule has 0 fully saturated rings. The molecule has 0 bridgehead atoms. The van der Waals surface area contributed by atoms with Crippen molar-refractivity contribution >= 4 is 37.4 Å². The van der Waals surface area contributed by atoms with Gasteiger partial charge in [-0.15, -0.1) is 0 Å². The van der Waals surface area contributed by atoms with Crippen LogP contribution >= 0.6 is 15.9 Å². The van der Waals surface area contributed by atoms with Crippen LogP contribution in [0.4, 0.5) is 5.69 Å². The molecule has 2 rings (SSSR count). The highest BCUT2D eigenvalue weighted by Crippen LogP contribution is 2.26. The van der Waals surface area contributed by atoms with Gasteiger partial charge in [-0.05, 0) is 68.3 Å². The lowest BCUT2D eigenvalue weighted by molar-refractivity contribution is 0.101. The van der Waals surface area contributed by atoms with Crippen LogP contribution in [-0.2, 0) is 10.0 Å². The van der Waals surface area contributed by atoms with Crippen LogP contribution in [0.3, 0.4) is 0 Å². The standard InChI is InChI=1S/C16H16BrNO3S/c1-10-9-16(11(2)8-15(10)17)22(20,21)18-14-6-4-13(5-7-14)12(3)19/h4-9,18H,1-3H3. The zero-order chi connectivity index (χ0) is 16.5. The van der Waals surface area contributed by atoms with Crippen molar-refractivity contribution in [3.8, 4) is 0 Å². The van der Waals surface area contributed by atoms with Crippen molar-refractivity contribution in [2.75, 3.05) is 4.72 Å². The van der Waals surface area contributed by atoms with E-state index in [9.17, 15) is 13.2 Å². The second-order valence-corrected chi connectivity index (χ2v) is 7.61. The fourth-order valence-electron chi connectivity index (χ4n) is 2.03. The van der Waals surface area contributed by atoms with E-state index >= 15 is 0 Å². The average Bonchev–Trinajstić information content (AvgIpc) is 2.42. The first-order valence-electron chi connectivity index (χ1n) is 6.61. The predicted octanol–water partition coefficient (Wildman–Crippen LogP) is 4.07. The summed E-state index contributed by atoms with van der Waals surface area (Å²) in [5.41, 5.74) is 2.46. The Morgan fingerprint density at radius 1 is 1.05 bits per heavy atom. The van der Waals surface area contributed by atoms with Gasteiger partial charge < -0.3 is 0 Å². The van der Waals surface area contributed by atoms with Gasteiger partial charge >= 0.3 is 0 Å². The third kappa shape index (κ3) is 3.56. The number of halogens is 1. The molecule has 22 heavy (non-hydrogen) atoms. The Morgan fingerprint density at radius 2 is 1.64 bits per heavy atom. The number of anilines is 1. The molecule has 2 aromatic carbocycles. The molecule has 0 unspecified atom stereocenters. The Bertz CT molecular complexity index is 827. The number of sulfonamides is 1. The van der Waals surface area contributed by atoms with Crippen molar-refractivity contribution in [1.82, 2.24) is 0 Å². The van der Waals surface area contributed by atoms with Gasteiger partial charge in [0.2, 0.25) is 0 Å². The average molecular weight is 382 g/mol. The normalized spacial score (nSPS) is 11.3. The summed E-state index contributed by atoms with van der Waals surface area (Å²) in [5.74, 6) is -0.0613. The van der Waals surface area contributed by atoms with Gasteiger partial charge in [-0.2, -0.15) is 0 Å². The zero-order valence-electron chi connectivity index (χ0n) is 12.5. The Labute approximate surface area is 138 Å². The number of benzene rings is 2. The van der Waals surface area contributed by atoms with Crippen molar-refractivity contribution in [3.05, 3.63) is 57.6 Å². The van der Waals surface area contributed by atoms with E-state index in [-0.39, 0.29) is 10.7 Å². The topological polar surface area (TPSA) is 63.2 Å². The van der Waals surface area contributed by atoms with E-state index in [1.54, 1.807) is 43.3 Å². The highest BCUT2D eigenvalue weighted by molar-refractivity contribution is 9.10. The summed E-state index contributed by atoms with van der Waals surface area (Å²) in [5, 5.41) is 0. The maximum Gasteiger partial charge on any atom is 0.262 e. The fraction of sp³-hybridized carbons (Fsp3) is 0.188. The molecule has 0 aliphatic rings. The van der Waals surface area contributed by atoms with Gasteiger partial charge in [-0.3, -0.25) is 9.52 Å². The molecule has 0 radical (unpaired) electrons. The molecular weight excluding hydrogens is 366 g/mol. The van der Waals surface area contributed by atoms with Gasteiger partial charge in [0.15, 0.2) is 5.78 Å². The molecule has 0 amide bonds. The van der Waals surface area contributed by atoms with E-state index in [4.69, 9.17) is 0 Å². The van der Waals surface area contributed by atoms with Crippen LogP contribution in [0.1, 0.15) is 28.4 Å². The molecule has 0 saturated carbocycles. The maximum atomic E-state index is 12.5. The lowest BCUT2D eigenvalue weighted by atomic mass is 10.1. The molecule has 4 nitrogen and oxygen atoms in total. The molecule has 0 aliphatic carbocycles. The van der Waals surface area contributed by atoms with Crippen LogP contribution in [0.15, 0.2) is 45.8 Å². The quantitative estimate of drug-likeness (QED) is 0.811. The summed E-state index contributed by atoms with van der Waals surface area (Å²) in [6, 6.07) is 9.76. The van der Waals surface area contributed by atoms with Gasteiger partial charge in [-0.25, -0.2) is 8.42 Å². The minimum absolute atomic E-state index is 0.0613. The third-order valence-electron chi connectivity index (χ3n) is 3.29. The third-order valence-corrected chi connectivity index (χ3v) is 5.67. The first-order valence-corrected chi connectivity index (χ1v) is 8.89. The van der Waals surface area contributed by atoms with Crippen LogP contribution < -0.4 is 4.72 Å². The minimum atomic E-state index is -3.67. The monoisotopic (exact) mass is 381 g/mol. The van der Waals surface area contributed by atoms with Gasteiger partial charge in [0.05, 0.1) is 4.90 Å². The van der Waals surface area contributed by atoms with Crippen LogP contribution in [-0.4, -0.2) is 14.2 Å². The van der Waals surface area contributed by atoms with Crippen LogP contribution in [0.2, 0.25) is 0 Å². The number of rotatable bonds is 4. The van der Waals surface area contributed by atoms with Crippen molar-refractivity contribution in [2.24, 2.45) is 0 Å². The predicted molar refractivity (Wildman–Crippen MR) is 90.9 cm³/mol. The van der Waals surface area contributed by atoms with Crippen LogP contribution in [0, 0.1) is 13.8 Å². The number of nitrogens with one attached hydrogen (secondary N) is 1. The Balaban J connectivity index is 2.35. The van der Waals surface area contributed by atoms with E-state index in [0.29, 0.717) is 16.8 Å². The molecule has 0 heterocycles. The second kappa shape index (κ2) is 6.22. The van der Waals surface area contributed by atoms with Gasteiger partial charge in [-0.1, -0.05) is 15.9 Å². The number of hydrogen-bond acceptors (Lipinski definition) is 3. The van der Waals surface area contributed by atoms with E-state index in [2.05, 4.69) is 20.7 Å². The fourth-order valence-corrected chi connectivity index (χ4v) is 3.86. The Morgan fingerprint density at radius 3 is 2.18 bits per heavy atom. The van der Waals surface area contributed by atoms with Crippen molar-refractivity contribution in [2.45, 2.75) is 25.7 Å². The van der Waals surface area contributed by atoms with Crippen molar-refractivity contribution in [1.29, 1.82) is 0 Å². The number of carbonyl (C=O) groups excluding carboxylic acids is 1. The minimum Gasteiger partial charge on any atom is -0.295 e. The van der Waals surface area contributed by atoms with Crippen LogP contribution in [0.25, 0.3) is 0 Å². The highest BCUT2D eigenvalue weighted by atomic mass is 79.9. The SMILES string of the molecule is CC(=O)c1ccc(NS(=O)(=O)c2cc(C)c(Br)cc2C)cc1. The summed E-state index contributed by atoms with van der Waals surface area (Å²) in [6.07, 6.45) is 0. The molecule has 6 heteroatoms. The van der Waals surface area contributed by atoms with Crippen molar-refractivity contribution < 1.29 is 13.2 Å². The molecule has 0 spiro atoms. The van der Waals surface area contributed by atoms with E-state index < -0.39 is 10.0 Å². The number of carbonyl (C=O) groups is 1. The Kier molecular flexibility index (Phi) is 4.72. The second-order valence-electron chi connectivity index (χ2n) is 5.11. The van der Waals surface area contributed by atoms with Gasteiger partial charge in [0.1, 0.15) is 0 Å². The van der Waals surface area contributed by atoms with Gasteiger partial charge in [0.25, 0.3) is 10.0 Å². The van der Waals surface area contributed by atoms with Gasteiger partial charge in [0, 0.05) is 15.7 Å². The van der Waals surface area contributed by atoms with E-state index in [1.807, 2.05) is 6.92 Å². The molecule has 1 N–H and O–H groups in total. The summed E-state index contributed by atoms with van der Waals surface area (Å²) in [4.78, 5) is 11.5. The number of aryl methyl sites for hydroxylation is 2. The first kappa shape index (κ1) is 16.7. The number of ketones is 1. The number of hydrogen-bond donors (Lipinski definition) is 1. The summed E-state index contributed by atoms with van der Waals surface area (Å²) >= 11 is 3.39. The van der Waals surface area contributed by atoms with E-state index in [0.717, 1.165) is 10.0 Å². The number of Topliss-reactive ketones (excluding diaryl/α,β-unsaturated/α-hetero) is 1. The zero-order valence-corrected chi connectivity index (χ0v) is 14.9. The van der Waals surface area contributed by atoms with Crippen LogP contribution in [0.5, 0.6) is 0 Å². The summed E-state index contributed by atoms with van der Waals surface area (Å²) in [7, 11) is -3.67. The molecule has 116 valence electrons. The largest absolute Gasteiger partial charge is 0.295 e. The lowest BCUT2D eigenvalue weighted by Gasteiger charge is -2.12. The maximum absolute atomic E-state index is 12.5. The lowest BCUT2D eigenvalue weighted by Crippen LogP contribution is -2.14. The molecular formula is C16H16BrNO3S. The smallest absolute Gasteiger partial charge is 0.262 e. The highest BCUT2D eigenvalue weighted by Gasteiger charge is 2.18. The molecule has 0 aliphatic heterocycles. The molecule has 0 atom stereocenters. The molecule has 0 aromatic heterocycles. The molecule has 2 aromatic rings. The Hall–Kier alpha value is -1.66.